The first-order valence-electron chi connectivity index (χ1n) is 5.37. The van der Waals surface area contributed by atoms with Crippen LogP contribution >= 0.6 is 0 Å². The van der Waals surface area contributed by atoms with Crippen LogP contribution in [-0.2, 0) is 14.3 Å². The second-order valence-electron chi connectivity index (χ2n) is 3.53. The number of ether oxygens (including phenoxy) is 2. The van der Waals surface area contributed by atoms with Crippen LogP contribution in [0.4, 0.5) is 0 Å². The Kier molecular flexibility index (Phi) is 4.68. The molecule has 1 atom stereocenters. The highest BCUT2D eigenvalue weighted by Crippen LogP contribution is 2.11. The van der Waals surface area contributed by atoms with Crippen molar-refractivity contribution in [2.45, 2.75) is 26.3 Å². The van der Waals surface area contributed by atoms with E-state index in [1.165, 1.54) is 7.11 Å². The van der Waals surface area contributed by atoms with E-state index in [2.05, 4.69) is 9.84 Å². The SMILES string of the molecule is CCOC(=O)CC(C)n1ccc(C(=O)OC)n1. The summed E-state index contributed by atoms with van der Waals surface area (Å²) >= 11 is 0. The van der Waals surface area contributed by atoms with E-state index in [0.29, 0.717) is 6.61 Å². The lowest BCUT2D eigenvalue weighted by molar-refractivity contribution is -0.143. The molecule has 0 aliphatic heterocycles. The minimum Gasteiger partial charge on any atom is -0.466 e. The van der Waals surface area contributed by atoms with Gasteiger partial charge in [-0.15, -0.1) is 0 Å². The minimum absolute atomic E-state index is 0.160. The highest BCUT2D eigenvalue weighted by molar-refractivity contribution is 5.86. The van der Waals surface area contributed by atoms with Crippen molar-refractivity contribution in [1.82, 2.24) is 9.78 Å². The summed E-state index contributed by atoms with van der Waals surface area (Å²) in [7, 11) is 1.30. The summed E-state index contributed by atoms with van der Waals surface area (Å²) in [5.41, 5.74) is 0.225. The molecule has 0 aliphatic carbocycles. The van der Waals surface area contributed by atoms with Crippen molar-refractivity contribution >= 4 is 11.9 Å². The standard InChI is InChI=1S/C11H16N2O4/c1-4-17-10(14)7-8(2)13-6-5-9(12-13)11(15)16-3/h5-6,8H,4,7H2,1-3H3. The number of aromatic nitrogens is 2. The Morgan fingerprint density at radius 2 is 2.24 bits per heavy atom. The normalized spacial score (nSPS) is 11.9. The fourth-order valence-electron chi connectivity index (χ4n) is 1.35. The van der Waals surface area contributed by atoms with Gasteiger partial charge in [0.15, 0.2) is 5.69 Å². The zero-order valence-corrected chi connectivity index (χ0v) is 10.2. The van der Waals surface area contributed by atoms with Crippen LogP contribution in [0.5, 0.6) is 0 Å². The van der Waals surface area contributed by atoms with E-state index < -0.39 is 5.97 Å². The Morgan fingerprint density at radius 1 is 1.53 bits per heavy atom. The number of carbonyl (C=O) groups is 2. The molecule has 0 radical (unpaired) electrons. The lowest BCUT2D eigenvalue weighted by Crippen LogP contribution is -2.14. The maximum Gasteiger partial charge on any atom is 0.358 e. The molecule has 1 aromatic rings. The Labute approximate surface area is 99.5 Å². The zero-order chi connectivity index (χ0) is 12.8. The molecule has 1 aromatic heterocycles. The molecule has 1 unspecified atom stereocenters. The molecule has 0 N–H and O–H groups in total. The molecule has 1 heterocycles. The zero-order valence-electron chi connectivity index (χ0n) is 10.2. The van der Waals surface area contributed by atoms with Gasteiger partial charge in [0.25, 0.3) is 0 Å². The highest BCUT2D eigenvalue weighted by atomic mass is 16.5. The molecule has 0 fully saturated rings. The number of esters is 2. The molecule has 0 saturated carbocycles. The van der Waals surface area contributed by atoms with Gasteiger partial charge in [-0.05, 0) is 19.9 Å². The second-order valence-corrected chi connectivity index (χ2v) is 3.53. The van der Waals surface area contributed by atoms with E-state index in [1.807, 2.05) is 6.92 Å². The van der Waals surface area contributed by atoms with Gasteiger partial charge in [-0.25, -0.2) is 4.79 Å². The highest BCUT2D eigenvalue weighted by Gasteiger charge is 2.15. The van der Waals surface area contributed by atoms with Crippen molar-refractivity contribution in [1.29, 1.82) is 0 Å². The van der Waals surface area contributed by atoms with E-state index in [1.54, 1.807) is 23.9 Å². The number of methoxy groups -OCH3 is 1. The van der Waals surface area contributed by atoms with E-state index >= 15 is 0 Å². The van der Waals surface area contributed by atoms with Crippen LogP contribution in [0.2, 0.25) is 0 Å². The van der Waals surface area contributed by atoms with Gasteiger partial charge in [-0.1, -0.05) is 0 Å². The molecule has 0 bridgehead atoms. The smallest absolute Gasteiger partial charge is 0.358 e. The van der Waals surface area contributed by atoms with Crippen molar-refractivity contribution in [2.75, 3.05) is 13.7 Å². The number of hydrogen-bond donors (Lipinski definition) is 0. The quantitative estimate of drug-likeness (QED) is 0.723. The average Bonchev–Trinajstić information content (AvgIpc) is 2.77. The van der Waals surface area contributed by atoms with E-state index in [-0.39, 0.29) is 24.1 Å². The third-order valence-electron chi connectivity index (χ3n) is 2.22. The molecule has 94 valence electrons. The van der Waals surface area contributed by atoms with Crippen LogP contribution in [0, 0.1) is 0 Å². The summed E-state index contributed by atoms with van der Waals surface area (Å²) in [5.74, 6) is -0.776. The third kappa shape index (κ3) is 3.58. The van der Waals surface area contributed by atoms with Crippen molar-refractivity contribution in [3.05, 3.63) is 18.0 Å². The van der Waals surface area contributed by atoms with Crippen LogP contribution < -0.4 is 0 Å². The average molecular weight is 240 g/mol. The molecule has 0 spiro atoms. The van der Waals surface area contributed by atoms with Crippen LogP contribution in [0.15, 0.2) is 12.3 Å². The van der Waals surface area contributed by atoms with Gasteiger partial charge in [-0.3, -0.25) is 9.48 Å². The van der Waals surface area contributed by atoms with E-state index in [9.17, 15) is 9.59 Å². The molecule has 0 amide bonds. The molecular formula is C11H16N2O4. The molecule has 17 heavy (non-hydrogen) atoms. The summed E-state index contributed by atoms with van der Waals surface area (Å²) < 4.78 is 10.9. The van der Waals surface area contributed by atoms with Crippen molar-refractivity contribution in [3.63, 3.8) is 0 Å². The number of carbonyl (C=O) groups excluding carboxylic acids is 2. The van der Waals surface area contributed by atoms with Crippen molar-refractivity contribution in [3.8, 4) is 0 Å². The summed E-state index contributed by atoms with van der Waals surface area (Å²) in [4.78, 5) is 22.5. The Hall–Kier alpha value is -1.85. The van der Waals surface area contributed by atoms with Crippen LogP contribution in [0.25, 0.3) is 0 Å². The molecule has 0 saturated heterocycles. The summed E-state index contributed by atoms with van der Waals surface area (Å²) in [5, 5.41) is 4.03. The summed E-state index contributed by atoms with van der Waals surface area (Å²) in [6, 6.07) is 1.39. The topological polar surface area (TPSA) is 70.4 Å². The van der Waals surface area contributed by atoms with Crippen LogP contribution in [0.1, 0.15) is 36.8 Å². The Balaban J connectivity index is 2.63. The number of nitrogens with zero attached hydrogens (tertiary/aromatic N) is 2. The van der Waals surface area contributed by atoms with Crippen molar-refractivity contribution in [2.24, 2.45) is 0 Å². The second kappa shape index (κ2) is 6.03. The molecule has 0 aliphatic rings. The van der Waals surface area contributed by atoms with Crippen LogP contribution in [0.3, 0.4) is 0 Å². The molecule has 0 aromatic carbocycles. The van der Waals surface area contributed by atoms with E-state index in [0.717, 1.165) is 0 Å². The molecule has 1 rings (SSSR count). The van der Waals surface area contributed by atoms with Gasteiger partial charge in [-0.2, -0.15) is 5.10 Å². The minimum atomic E-state index is -0.493. The summed E-state index contributed by atoms with van der Waals surface area (Å²) in [6.45, 7) is 3.94. The molecular weight excluding hydrogens is 224 g/mol. The molecule has 6 heteroatoms. The van der Waals surface area contributed by atoms with Gasteiger partial charge in [0.05, 0.1) is 26.2 Å². The monoisotopic (exact) mass is 240 g/mol. The number of rotatable bonds is 5. The Bertz CT molecular complexity index is 400. The number of hydrogen-bond acceptors (Lipinski definition) is 5. The van der Waals surface area contributed by atoms with Gasteiger partial charge in [0, 0.05) is 6.20 Å². The summed E-state index contributed by atoms with van der Waals surface area (Å²) in [6.07, 6.45) is 1.85. The van der Waals surface area contributed by atoms with E-state index in [4.69, 9.17) is 4.74 Å². The fourth-order valence-corrected chi connectivity index (χ4v) is 1.35. The lowest BCUT2D eigenvalue weighted by atomic mass is 10.2. The predicted octanol–water partition coefficient (Wildman–Crippen LogP) is 1.18. The van der Waals surface area contributed by atoms with Crippen molar-refractivity contribution < 1.29 is 19.1 Å². The third-order valence-corrected chi connectivity index (χ3v) is 2.22. The predicted molar refractivity (Wildman–Crippen MR) is 59.5 cm³/mol. The van der Waals surface area contributed by atoms with Gasteiger partial charge < -0.3 is 9.47 Å². The van der Waals surface area contributed by atoms with Gasteiger partial charge in [0.2, 0.25) is 0 Å². The van der Waals surface area contributed by atoms with Gasteiger partial charge >= 0.3 is 11.9 Å². The first-order valence-corrected chi connectivity index (χ1v) is 5.37. The largest absolute Gasteiger partial charge is 0.466 e. The van der Waals surface area contributed by atoms with Gasteiger partial charge in [0.1, 0.15) is 0 Å². The Morgan fingerprint density at radius 3 is 2.82 bits per heavy atom. The van der Waals surface area contributed by atoms with Crippen LogP contribution in [-0.4, -0.2) is 35.4 Å². The first-order chi connectivity index (χ1) is 8.08. The first kappa shape index (κ1) is 13.2. The lowest BCUT2D eigenvalue weighted by Gasteiger charge is -2.10. The maximum absolute atomic E-state index is 11.3. The fraction of sp³-hybridized carbons (Fsp3) is 0.545. The maximum atomic E-state index is 11.3. The molecule has 6 nitrogen and oxygen atoms in total.